The van der Waals surface area contributed by atoms with Gasteiger partial charge < -0.3 is 5.73 Å². The Kier molecular flexibility index (Phi) is 6.30. The summed E-state index contributed by atoms with van der Waals surface area (Å²) in [6, 6.07) is 5.21. The van der Waals surface area contributed by atoms with E-state index in [9.17, 15) is 18.5 Å². The Labute approximate surface area is 136 Å². The smallest absolute Gasteiger partial charge is 0.270 e. The molecule has 0 amide bonds. The van der Waals surface area contributed by atoms with E-state index in [1.54, 1.807) is 0 Å². The number of nitrogens with two attached hydrogens (primary N) is 1. The van der Waals surface area contributed by atoms with E-state index in [1.807, 2.05) is 6.92 Å². The number of benzene rings is 1. The Morgan fingerprint density at radius 3 is 2.45 bits per heavy atom. The molecule has 0 spiro atoms. The molecule has 1 atom stereocenters. The summed E-state index contributed by atoms with van der Waals surface area (Å²) in [4.78, 5) is 10.1. The fourth-order valence-corrected chi connectivity index (χ4v) is 4.06. The average molecular weight is 350 g/mol. The lowest BCUT2D eigenvalue weighted by molar-refractivity contribution is -0.385. The molecule has 1 unspecified atom stereocenters. The van der Waals surface area contributed by atoms with Gasteiger partial charge in [0.2, 0.25) is 10.0 Å². The molecule has 9 heteroatoms. The molecule has 0 aliphatic carbocycles. The van der Waals surface area contributed by atoms with Gasteiger partial charge in [-0.3, -0.25) is 10.1 Å². The highest BCUT2D eigenvalue weighted by Crippen LogP contribution is 2.26. The first-order valence-corrected chi connectivity index (χ1v) is 8.26. The first-order valence-electron chi connectivity index (χ1n) is 6.82. The second kappa shape index (κ2) is 7.36. The third-order valence-electron chi connectivity index (χ3n) is 3.91. The zero-order chi connectivity index (χ0) is 15.6. The molecule has 1 aromatic carbocycles. The number of hydrogen-bond acceptors (Lipinski definition) is 5. The van der Waals surface area contributed by atoms with Gasteiger partial charge in [0.25, 0.3) is 5.69 Å². The van der Waals surface area contributed by atoms with Gasteiger partial charge in [-0.1, -0.05) is 6.07 Å². The van der Waals surface area contributed by atoms with E-state index in [0.717, 1.165) is 6.07 Å². The lowest BCUT2D eigenvalue weighted by atomic mass is 9.92. The molecule has 2 N–H and O–H groups in total. The van der Waals surface area contributed by atoms with Crippen molar-refractivity contribution in [3.8, 4) is 0 Å². The number of non-ortho nitro benzene ring substituents is 1. The standard InChI is InChI=1S/C13H19N3O4S.ClH/c1-10(14)11-5-7-15(8-6-11)21(19,20)13-4-2-3-12(9-13)16(17)18;/h2-4,9-11H,5-8,14H2,1H3;1H. The molecule has 1 heterocycles. The largest absolute Gasteiger partial charge is 0.328 e. The SMILES string of the molecule is CC(N)C1CCN(S(=O)(=O)c2cccc([N+](=O)[O-])c2)CC1.Cl. The van der Waals surface area contributed by atoms with Crippen molar-refractivity contribution in [1.82, 2.24) is 4.31 Å². The van der Waals surface area contributed by atoms with E-state index in [4.69, 9.17) is 5.73 Å². The number of nitrogens with zero attached hydrogens (tertiary/aromatic N) is 2. The van der Waals surface area contributed by atoms with E-state index in [1.165, 1.54) is 22.5 Å². The summed E-state index contributed by atoms with van der Waals surface area (Å²) < 4.78 is 26.4. The van der Waals surface area contributed by atoms with Crippen molar-refractivity contribution < 1.29 is 13.3 Å². The van der Waals surface area contributed by atoms with Crippen LogP contribution in [-0.4, -0.2) is 36.8 Å². The monoisotopic (exact) mass is 349 g/mol. The van der Waals surface area contributed by atoms with Crippen molar-refractivity contribution in [2.45, 2.75) is 30.7 Å². The van der Waals surface area contributed by atoms with Crippen LogP contribution in [0.2, 0.25) is 0 Å². The van der Waals surface area contributed by atoms with Crippen LogP contribution < -0.4 is 5.73 Å². The van der Waals surface area contributed by atoms with Gasteiger partial charge in [-0.15, -0.1) is 12.4 Å². The van der Waals surface area contributed by atoms with Crippen LogP contribution in [0.25, 0.3) is 0 Å². The molecule has 1 aliphatic rings. The van der Waals surface area contributed by atoms with Gasteiger partial charge in [-0.05, 0) is 31.7 Å². The molecule has 1 fully saturated rings. The van der Waals surface area contributed by atoms with Gasteiger partial charge >= 0.3 is 0 Å². The Hall–Kier alpha value is -1.22. The van der Waals surface area contributed by atoms with Gasteiger partial charge in [0.1, 0.15) is 0 Å². The maximum absolute atomic E-state index is 12.5. The van der Waals surface area contributed by atoms with Gasteiger partial charge in [0, 0.05) is 31.3 Å². The number of nitro groups is 1. The number of nitro benzene ring substituents is 1. The summed E-state index contributed by atoms with van der Waals surface area (Å²) in [6.45, 7) is 2.73. The zero-order valence-corrected chi connectivity index (χ0v) is 13.8. The summed E-state index contributed by atoms with van der Waals surface area (Å²) in [5, 5.41) is 10.8. The predicted octanol–water partition coefficient (Wildman–Crippen LogP) is 1.76. The van der Waals surface area contributed by atoms with E-state index in [-0.39, 0.29) is 29.0 Å². The Bertz CT molecular complexity index is 628. The molecular weight excluding hydrogens is 330 g/mol. The van der Waals surface area contributed by atoms with E-state index in [0.29, 0.717) is 31.8 Å². The fourth-order valence-electron chi connectivity index (χ4n) is 2.55. The number of sulfonamides is 1. The lowest BCUT2D eigenvalue weighted by Crippen LogP contribution is -2.42. The van der Waals surface area contributed by atoms with Gasteiger partial charge in [-0.25, -0.2) is 8.42 Å². The van der Waals surface area contributed by atoms with Gasteiger partial charge in [0.05, 0.1) is 9.82 Å². The molecule has 1 aliphatic heterocycles. The minimum atomic E-state index is -3.68. The Balaban J connectivity index is 0.00000242. The molecule has 1 saturated heterocycles. The molecule has 7 nitrogen and oxygen atoms in total. The summed E-state index contributed by atoms with van der Waals surface area (Å²) in [5.41, 5.74) is 5.62. The molecule has 124 valence electrons. The first-order chi connectivity index (χ1) is 9.82. The van der Waals surface area contributed by atoms with E-state index >= 15 is 0 Å². The van der Waals surface area contributed by atoms with Crippen molar-refractivity contribution in [3.05, 3.63) is 34.4 Å². The highest BCUT2D eigenvalue weighted by atomic mass is 35.5. The third-order valence-corrected chi connectivity index (χ3v) is 5.80. The first kappa shape index (κ1) is 18.8. The maximum Gasteiger partial charge on any atom is 0.270 e. The van der Waals surface area contributed by atoms with Crippen LogP contribution >= 0.6 is 12.4 Å². The third kappa shape index (κ3) is 3.95. The number of hydrogen-bond donors (Lipinski definition) is 1. The topological polar surface area (TPSA) is 107 Å². The lowest BCUT2D eigenvalue weighted by Gasteiger charge is -2.32. The Morgan fingerprint density at radius 2 is 1.95 bits per heavy atom. The second-order valence-electron chi connectivity index (χ2n) is 5.36. The molecule has 0 radical (unpaired) electrons. The van der Waals surface area contributed by atoms with Gasteiger partial charge in [-0.2, -0.15) is 4.31 Å². The molecule has 2 rings (SSSR count). The quantitative estimate of drug-likeness (QED) is 0.658. The fraction of sp³-hybridized carbons (Fsp3) is 0.538. The highest BCUT2D eigenvalue weighted by molar-refractivity contribution is 7.89. The normalized spacial score (nSPS) is 18.5. The highest BCUT2D eigenvalue weighted by Gasteiger charge is 2.31. The van der Waals surface area contributed by atoms with Crippen LogP contribution in [0.15, 0.2) is 29.2 Å². The molecule has 1 aromatic rings. The van der Waals surface area contributed by atoms with Crippen molar-refractivity contribution in [2.75, 3.05) is 13.1 Å². The predicted molar refractivity (Wildman–Crippen MR) is 85.5 cm³/mol. The maximum atomic E-state index is 12.5. The summed E-state index contributed by atoms with van der Waals surface area (Å²) >= 11 is 0. The number of rotatable bonds is 4. The van der Waals surface area contributed by atoms with Crippen molar-refractivity contribution >= 4 is 28.1 Å². The van der Waals surface area contributed by atoms with Crippen LogP contribution in [0.1, 0.15) is 19.8 Å². The number of piperidine rings is 1. The molecule has 0 aromatic heterocycles. The van der Waals surface area contributed by atoms with Crippen molar-refractivity contribution in [3.63, 3.8) is 0 Å². The minimum Gasteiger partial charge on any atom is -0.328 e. The molecule has 0 saturated carbocycles. The Morgan fingerprint density at radius 1 is 1.36 bits per heavy atom. The summed E-state index contributed by atoms with van der Waals surface area (Å²) in [7, 11) is -3.68. The molecular formula is C13H20ClN3O4S. The van der Waals surface area contributed by atoms with Crippen LogP contribution in [0.5, 0.6) is 0 Å². The van der Waals surface area contributed by atoms with Crippen LogP contribution in [0, 0.1) is 16.0 Å². The van der Waals surface area contributed by atoms with Crippen LogP contribution in [0.4, 0.5) is 5.69 Å². The molecule has 22 heavy (non-hydrogen) atoms. The van der Waals surface area contributed by atoms with E-state index < -0.39 is 14.9 Å². The van der Waals surface area contributed by atoms with Crippen LogP contribution in [0.3, 0.4) is 0 Å². The van der Waals surface area contributed by atoms with Crippen molar-refractivity contribution in [1.29, 1.82) is 0 Å². The summed E-state index contributed by atoms with van der Waals surface area (Å²) in [5.74, 6) is 0.321. The van der Waals surface area contributed by atoms with Gasteiger partial charge in [0.15, 0.2) is 0 Å². The second-order valence-corrected chi connectivity index (χ2v) is 7.29. The van der Waals surface area contributed by atoms with E-state index in [2.05, 4.69) is 0 Å². The van der Waals surface area contributed by atoms with Crippen molar-refractivity contribution in [2.24, 2.45) is 11.7 Å². The number of halogens is 1. The zero-order valence-electron chi connectivity index (χ0n) is 12.2. The molecule has 0 bridgehead atoms. The minimum absolute atomic E-state index is 0. The average Bonchev–Trinajstić information content (AvgIpc) is 2.47. The summed E-state index contributed by atoms with van der Waals surface area (Å²) in [6.07, 6.45) is 1.43. The van der Waals surface area contributed by atoms with Crippen LogP contribution in [-0.2, 0) is 10.0 Å².